The van der Waals surface area contributed by atoms with Crippen molar-refractivity contribution < 1.29 is 22.1 Å². The van der Waals surface area contributed by atoms with Crippen molar-refractivity contribution in [2.75, 3.05) is 0 Å². The van der Waals surface area contributed by atoms with E-state index >= 15 is 0 Å². The summed E-state index contributed by atoms with van der Waals surface area (Å²) < 4.78 is 8.88. The summed E-state index contributed by atoms with van der Waals surface area (Å²) in [6.45, 7) is 0. The zero-order valence-electron chi connectivity index (χ0n) is 4.90. The summed E-state index contributed by atoms with van der Waals surface area (Å²) in [5.74, 6) is 0. The Morgan fingerprint density at radius 2 is 1.29 bits per heavy atom. The first-order valence-corrected chi connectivity index (χ1v) is 2.35. The van der Waals surface area contributed by atoms with Crippen LogP contribution in [0.25, 0.3) is 0 Å². The molecule has 0 amide bonds. The molecular weight excluding hydrogens is 163 g/mol. The Hall–Kier alpha value is 1.59. The van der Waals surface area contributed by atoms with Crippen molar-refractivity contribution in [3.8, 4) is 0 Å². The van der Waals surface area contributed by atoms with E-state index in [2.05, 4.69) is 0 Å². The van der Waals surface area contributed by atoms with Gasteiger partial charge in [-0.1, -0.05) is 0 Å². The van der Waals surface area contributed by atoms with E-state index in [4.69, 9.17) is 19.2 Å². The van der Waals surface area contributed by atoms with Crippen LogP contribution in [0.4, 0.5) is 0 Å². The fourth-order valence-corrected chi connectivity index (χ4v) is 0. The van der Waals surface area contributed by atoms with Crippen LogP contribution in [0.5, 0.6) is 0 Å². The molecule has 0 atom stereocenters. The van der Waals surface area contributed by atoms with E-state index in [1.165, 1.54) is 0 Å². The summed E-state index contributed by atoms with van der Waals surface area (Å²) in [5.41, 5.74) is 0. The predicted octanol–water partition coefficient (Wildman–Crippen LogP) is -2.54. The maximum Gasteiger partial charge on any atom is 2.00 e. The molecule has 0 spiro atoms. The third-order valence-corrected chi connectivity index (χ3v) is 0. The molecule has 0 fully saturated rings. The molecule has 0 radical (unpaired) electrons. The van der Waals surface area contributed by atoms with Gasteiger partial charge in [-0.05, 0) is 11.0 Å². The van der Waals surface area contributed by atoms with Gasteiger partial charge < -0.3 is 17.5 Å². The van der Waals surface area contributed by atoms with Gasteiger partial charge in [-0.25, -0.2) is 4.57 Å². The molecule has 4 nitrogen and oxygen atoms in total. The zero-order chi connectivity index (χ0) is 4.50. The summed E-state index contributed by atoms with van der Waals surface area (Å²) in [4.78, 5) is 21.6. The van der Waals surface area contributed by atoms with E-state index in [-0.39, 0.29) is 51.6 Å². The molecule has 0 bridgehead atoms. The summed E-state index contributed by atoms with van der Waals surface area (Å²) in [5, 5.41) is 0. The summed E-state index contributed by atoms with van der Waals surface area (Å²) in [6.07, 6.45) is 0. The van der Waals surface area contributed by atoms with Crippen LogP contribution in [-0.2, 0) is 4.57 Å². The van der Waals surface area contributed by atoms with Gasteiger partial charge in [0.25, 0.3) is 0 Å². The van der Waals surface area contributed by atoms with Gasteiger partial charge in [0.2, 0.25) is 0 Å². The van der Waals surface area contributed by atoms with E-state index in [1.54, 1.807) is 0 Å². The molecular formula is H9CaO4PSi. The van der Waals surface area contributed by atoms with Crippen LogP contribution in [0.15, 0.2) is 0 Å². The molecule has 0 heterocycles. The Morgan fingerprint density at radius 3 is 1.29 bits per heavy atom. The van der Waals surface area contributed by atoms with Crippen LogP contribution in [0.1, 0.15) is 2.85 Å². The average Bonchev–Trinajstić information content (AvgIpc) is 0.722. The Kier molecular flexibility index (Phi) is 12.9. The van der Waals surface area contributed by atoms with Gasteiger partial charge in [0.1, 0.15) is 0 Å². The predicted molar refractivity (Wildman–Crippen MR) is 33.6 cm³/mol. The zero-order valence-corrected chi connectivity index (χ0v) is 6.01. The van der Waals surface area contributed by atoms with E-state index in [0.717, 1.165) is 0 Å². The summed E-state index contributed by atoms with van der Waals surface area (Å²) in [6, 6.07) is 0. The largest absolute Gasteiger partial charge is 2.00 e. The first-order valence-electron chi connectivity index (χ1n) is 0.783. The SMILES string of the molecule is O=P(O)(O)O.[Ca+2].[H-].[H-].[SiH4]. The van der Waals surface area contributed by atoms with Crippen LogP contribution < -0.4 is 0 Å². The Bertz CT molecular complexity index is 64.7. The van der Waals surface area contributed by atoms with Crippen LogP contribution in [0.2, 0.25) is 0 Å². The minimum atomic E-state index is -4.64. The Balaban J connectivity index is -0.0000000133. The molecule has 0 saturated carbocycles. The molecule has 44 valence electrons. The molecule has 0 saturated heterocycles. The van der Waals surface area contributed by atoms with Crippen molar-refractivity contribution in [2.24, 2.45) is 0 Å². The van der Waals surface area contributed by atoms with Crippen molar-refractivity contribution in [2.45, 2.75) is 0 Å². The maximum absolute atomic E-state index is 8.88. The second-order valence-corrected chi connectivity index (χ2v) is 1.54. The normalized spacial score (nSPS) is 8.43. The van der Waals surface area contributed by atoms with Crippen LogP contribution >= 0.6 is 7.82 Å². The quantitative estimate of drug-likeness (QED) is 0.278. The molecule has 0 aromatic heterocycles. The molecule has 0 aliphatic heterocycles. The molecule has 0 aromatic carbocycles. The van der Waals surface area contributed by atoms with Crippen molar-refractivity contribution >= 4 is 56.5 Å². The fraction of sp³-hybridized carbons (Fsp3) is 0. The van der Waals surface area contributed by atoms with Crippen molar-refractivity contribution in [1.82, 2.24) is 0 Å². The first kappa shape index (κ1) is 15.8. The molecule has 0 aliphatic carbocycles. The van der Waals surface area contributed by atoms with E-state index in [0.29, 0.717) is 0 Å². The number of hydrogen-bond donors (Lipinski definition) is 3. The van der Waals surface area contributed by atoms with Crippen molar-refractivity contribution in [1.29, 1.82) is 0 Å². The molecule has 0 aromatic rings. The van der Waals surface area contributed by atoms with Gasteiger partial charge in [0.15, 0.2) is 0 Å². The minimum Gasteiger partial charge on any atom is -1.00 e. The van der Waals surface area contributed by atoms with Gasteiger partial charge in [0.05, 0.1) is 0 Å². The van der Waals surface area contributed by atoms with Crippen molar-refractivity contribution in [3.05, 3.63) is 0 Å². The van der Waals surface area contributed by atoms with Crippen LogP contribution in [0.3, 0.4) is 0 Å². The molecule has 0 unspecified atom stereocenters. The molecule has 0 aliphatic rings. The van der Waals surface area contributed by atoms with Gasteiger partial charge in [-0.15, -0.1) is 0 Å². The third-order valence-electron chi connectivity index (χ3n) is 0. The maximum atomic E-state index is 8.88. The number of rotatable bonds is 0. The Morgan fingerprint density at radius 1 is 1.29 bits per heavy atom. The number of phosphoric acid groups is 1. The summed E-state index contributed by atoms with van der Waals surface area (Å²) >= 11 is 0. The van der Waals surface area contributed by atoms with Gasteiger partial charge in [0, 0.05) is 0 Å². The Labute approximate surface area is 78.2 Å². The van der Waals surface area contributed by atoms with Gasteiger partial charge in [-0.3, -0.25) is 0 Å². The molecule has 3 N–H and O–H groups in total. The minimum absolute atomic E-state index is 0. The van der Waals surface area contributed by atoms with E-state index in [1.807, 2.05) is 0 Å². The monoisotopic (exact) mass is 172 g/mol. The van der Waals surface area contributed by atoms with Gasteiger partial charge in [-0.2, -0.15) is 0 Å². The van der Waals surface area contributed by atoms with Gasteiger partial charge >= 0.3 is 45.6 Å². The smallest absolute Gasteiger partial charge is 1.00 e. The van der Waals surface area contributed by atoms with Crippen molar-refractivity contribution in [3.63, 3.8) is 0 Å². The third kappa shape index (κ3) is 94.1. The van der Waals surface area contributed by atoms with E-state index < -0.39 is 7.82 Å². The van der Waals surface area contributed by atoms with Crippen LogP contribution in [-0.4, -0.2) is 63.4 Å². The second kappa shape index (κ2) is 5.72. The second-order valence-electron chi connectivity index (χ2n) is 0.513. The molecule has 7 heteroatoms. The van der Waals surface area contributed by atoms with E-state index in [9.17, 15) is 0 Å². The molecule has 0 rings (SSSR count). The first-order chi connectivity index (χ1) is 2.00. The molecule has 7 heavy (non-hydrogen) atoms. The summed E-state index contributed by atoms with van der Waals surface area (Å²) in [7, 11) is -4.64. The fourth-order valence-electron chi connectivity index (χ4n) is 0. The standard InChI is InChI=1S/Ca.H3O4P.H4Si.2H/c;1-5(2,3)4;;;/h;(H3,1,2,3,4);1H4;;/q+2;;;2*-1. The topological polar surface area (TPSA) is 77.8 Å². The van der Waals surface area contributed by atoms with Crippen LogP contribution in [0, 0.1) is 0 Å². The number of hydrogen-bond acceptors (Lipinski definition) is 1. The average molecular weight is 172 g/mol.